The predicted octanol–water partition coefficient (Wildman–Crippen LogP) is 2.92. The fourth-order valence-corrected chi connectivity index (χ4v) is 1.86. The van der Waals surface area contributed by atoms with Gasteiger partial charge >= 0.3 is 0 Å². The van der Waals surface area contributed by atoms with E-state index in [-0.39, 0.29) is 5.91 Å². The van der Waals surface area contributed by atoms with Gasteiger partial charge in [0.2, 0.25) is 0 Å². The maximum absolute atomic E-state index is 12.3. The molecule has 0 aliphatic heterocycles. The van der Waals surface area contributed by atoms with Crippen LogP contribution in [0.15, 0.2) is 24.3 Å². The summed E-state index contributed by atoms with van der Waals surface area (Å²) >= 11 is 5.77. The Morgan fingerprint density at radius 3 is 2.78 bits per heavy atom. The summed E-state index contributed by atoms with van der Waals surface area (Å²) in [4.78, 5) is 14.0. The summed E-state index contributed by atoms with van der Waals surface area (Å²) in [6.45, 7) is 6.46. The van der Waals surface area contributed by atoms with Gasteiger partial charge in [-0.3, -0.25) is 4.79 Å². The van der Waals surface area contributed by atoms with Crippen molar-refractivity contribution < 1.29 is 9.53 Å². The second kappa shape index (κ2) is 8.11. The van der Waals surface area contributed by atoms with E-state index < -0.39 is 0 Å². The number of rotatable bonds is 7. The molecule has 0 spiro atoms. The van der Waals surface area contributed by atoms with Crippen LogP contribution in [0.2, 0.25) is 0 Å². The van der Waals surface area contributed by atoms with E-state index in [1.165, 1.54) is 0 Å². The molecule has 0 bridgehead atoms. The van der Waals surface area contributed by atoms with Crippen molar-refractivity contribution in [3.8, 4) is 0 Å². The number of carbonyl (C=O) groups is 1. The van der Waals surface area contributed by atoms with Crippen LogP contribution in [-0.2, 0) is 10.6 Å². The number of halogens is 1. The molecule has 18 heavy (non-hydrogen) atoms. The summed E-state index contributed by atoms with van der Waals surface area (Å²) in [6.07, 6.45) is 0. The lowest BCUT2D eigenvalue weighted by Gasteiger charge is -2.21. The van der Waals surface area contributed by atoms with Crippen LogP contribution in [0.4, 0.5) is 0 Å². The highest BCUT2D eigenvalue weighted by Gasteiger charge is 2.13. The first-order valence-corrected chi connectivity index (χ1v) is 6.78. The van der Waals surface area contributed by atoms with E-state index in [9.17, 15) is 4.79 Å². The molecule has 100 valence electrons. The van der Waals surface area contributed by atoms with Crippen molar-refractivity contribution in [1.82, 2.24) is 4.90 Å². The second-order valence-electron chi connectivity index (χ2n) is 3.92. The summed E-state index contributed by atoms with van der Waals surface area (Å²) in [6, 6.07) is 7.45. The topological polar surface area (TPSA) is 29.5 Å². The molecular formula is C14H20ClNO2. The van der Waals surface area contributed by atoms with Gasteiger partial charge in [0.15, 0.2) is 0 Å². The van der Waals surface area contributed by atoms with E-state index in [4.69, 9.17) is 16.3 Å². The minimum atomic E-state index is 0.0316. The van der Waals surface area contributed by atoms with Gasteiger partial charge in [-0.15, -0.1) is 11.6 Å². The molecule has 0 fully saturated rings. The Kier molecular flexibility index (Phi) is 6.76. The van der Waals surface area contributed by atoms with Crippen molar-refractivity contribution in [3.63, 3.8) is 0 Å². The molecule has 1 aromatic carbocycles. The van der Waals surface area contributed by atoms with Crippen molar-refractivity contribution in [2.24, 2.45) is 0 Å². The molecule has 0 aliphatic carbocycles. The average molecular weight is 270 g/mol. The molecule has 0 aliphatic rings. The minimum absolute atomic E-state index is 0.0316. The van der Waals surface area contributed by atoms with E-state index in [0.717, 1.165) is 5.56 Å². The van der Waals surface area contributed by atoms with Gasteiger partial charge in [0.05, 0.1) is 6.61 Å². The zero-order valence-corrected chi connectivity index (χ0v) is 11.7. The molecule has 0 unspecified atom stereocenters. The zero-order chi connectivity index (χ0) is 13.4. The molecule has 3 nitrogen and oxygen atoms in total. The lowest BCUT2D eigenvalue weighted by atomic mass is 10.1. The number of benzene rings is 1. The third kappa shape index (κ3) is 4.31. The first-order valence-electron chi connectivity index (χ1n) is 6.24. The standard InChI is InChI=1S/C14H20ClNO2/c1-3-16(8-9-18-4-2)14(17)13-7-5-6-12(10-13)11-15/h5-7,10H,3-4,8-9,11H2,1-2H3. The quantitative estimate of drug-likeness (QED) is 0.563. The Balaban J connectivity index is 2.69. The van der Waals surface area contributed by atoms with Gasteiger partial charge < -0.3 is 9.64 Å². The number of likely N-dealkylation sites (N-methyl/N-ethyl adjacent to an activating group) is 1. The predicted molar refractivity (Wildman–Crippen MR) is 74.1 cm³/mol. The van der Waals surface area contributed by atoms with E-state index in [1.807, 2.05) is 38.1 Å². The Morgan fingerprint density at radius 1 is 1.39 bits per heavy atom. The van der Waals surface area contributed by atoms with Gasteiger partial charge in [-0.1, -0.05) is 12.1 Å². The van der Waals surface area contributed by atoms with Gasteiger partial charge in [-0.05, 0) is 31.5 Å². The summed E-state index contributed by atoms with van der Waals surface area (Å²) in [5.74, 6) is 0.454. The van der Waals surface area contributed by atoms with Crippen LogP contribution in [-0.4, -0.2) is 37.1 Å². The summed E-state index contributed by atoms with van der Waals surface area (Å²) in [5, 5.41) is 0. The normalized spacial score (nSPS) is 10.4. The number of amides is 1. The number of hydrogen-bond donors (Lipinski definition) is 0. The SMILES string of the molecule is CCOCCN(CC)C(=O)c1cccc(CCl)c1. The van der Waals surface area contributed by atoms with E-state index in [2.05, 4.69) is 0 Å². The molecule has 0 saturated heterocycles. The van der Waals surface area contributed by atoms with Crippen molar-refractivity contribution in [2.75, 3.05) is 26.3 Å². The summed E-state index contributed by atoms with van der Waals surface area (Å²) in [7, 11) is 0. The van der Waals surface area contributed by atoms with Crippen LogP contribution in [0, 0.1) is 0 Å². The smallest absolute Gasteiger partial charge is 0.253 e. The number of carbonyl (C=O) groups excluding carboxylic acids is 1. The fourth-order valence-electron chi connectivity index (χ4n) is 1.69. The zero-order valence-electron chi connectivity index (χ0n) is 11.0. The van der Waals surface area contributed by atoms with E-state index >= 15 is 0 Å². The van der Waals surface area contributed by atoms with Crippen LogP contribution < -0.4 is 0 Å². The third-order valence-corrected chi connectivity index (χ3v) is 3.02. The van der Waals surface area contributed by atoms with Crippen molar-refractivity contribution in [1.29, 1.82) is 0 Å². The number of ether oxygens (including phenoxy) is 1. The fraction of sp³-hybridized carbons (Fsp3) is 0.500. The third-order valence-electron chi connectivity index (χ3n) is 2.71. The van der Waals surface area contributed by atoms with Gasteiger partial charge in [-0.25, -0.2) is 0 Å². The van der Waals surface area contributed by atoms with Crippen LogP contribution in [0.3, 0.4) is 0 Å². The summed E-state index contributed by atoms with van der Waals surface area (Å²) < 4.78 is 5.28. The van der Waals surface area contributed by atoms with Crippen LogP contribution in [0.5, 0.6) is 0 Å². The average Bonchev–Trinajstić information content (AvgIpc) is 2.43. The second-order valence-corrected chi connectivity index (χ2v) is 4.18. The van der Waals surface area contributed by atoms with Crippen molar-refractivity contribution in [3.05, 3.63) is 35.4 Å². The van der Waals surface area contributed by atoms with Gasteiger partial charge in [0, 0.05) is 31.1 Å². The molecule has 0 aromatic heterocycles. The first kappa shape index (κ1) is 15.0. The molecule has 0 N–H and O–H groups in total. The summed E-state index contributed by atoms with van der Waals surface area (Å²) in [5.41, 5.74) is 1.65. The highest BCUT2D eigenvalue weighted by Crippen LogP contribution is 2.10. The molecule has 1 amide bonds. The van der Waals surface area contributed by atoms with Crippen LogP contribution in [0.1, 0.15) is 29.8 Å². The number of hydrogen-bond acceptors (Lipinski definition) is 2. The minimum Gasteiger partial charge on any atom is -0.380 e. The van der Waals surface area contributed by atoms with Crippen LogP contribution >= 0.6 is 11.6 Å². The van der Waals surface area contributed by atoms with Crippen molar-refractivity contribution in [2.45, 2.75) is 19.7 Å². The number of nitrogens with zero attached hydrogens (tertiary/aromatic N) is 1. The highest BCUT2D eigenvalue weighted by atomic mass is 35.5. The molecule has 1 rings (SSSR count). The monoisotopic (exact) mass is 269 g/mol. The molecule has 0 radical (unpaired) electrons. The largest absolute Gasteiger partial charge is 0.380 e. The Bertz CT molecular complexity index is 382. The maximum atomic E-state index is 12.3. The van der Waals surface area contributed by atoms with Gasteiger partial charge in [0.1, 0.15) is 0 Å². The lowest BCUT2D eigenvalue weighted by Crippen LogP contribution is -2.33. The Hall–Kier alpha value is -1.06. The van der Waals surface area contributed by atoms with E-state index in [0.29, 0.717) is 37.7 Å². The molecule has 1 aromatic rings. The molecule has 0 saturated carbocycles. The molecular weight excluding hydrogens is 250 g/mol. The van der Waals surface area contributed by atoms with Crippen molar-refractivity contribution >= 4 is 17.5 Å². The molecule has 0 heterocycles. The van der Waals surface area contributed by atoms with E-state index in [1.54, 1.807) is 4.90 Å². The maximum Gasteiger partial charge on any atom is 0.253 e. The van der Waals surface area contributed by atoms with Gasteiger partial charge in [-0.2, -0.15) is 0 Å². The molecule has 0 atom stereocenters. The Morgan fingerprint density at radius 2 is 2.17 bits per heavy atom. The lowest BCUT2D eigenvalue weighted by molar-refractivity contribution is 0.0669. The first-order chi connectivity index (χ1) is 8.72. The Labute approximate surface area is 114 Å². The number of alkyl halides is 1. The highest BCUT2D eigenvalue weighted by molar-refractivity contribution is 6.17. The van der Waals surface area contributed by atoms with Gasteiger partial charge in [0.25, 0.3) is 5.91 Å². The molecule has 4 heteroatoms. The van der Waals surface area contributed by atoms with Crippen LogP contribution in [0.25, 0.3) is 0 Å².